The van der Waals surface area contributed by atoms with Crippen LogP contribution in [-0.4, -0.2) is 62.1 Å². The Morgan fingerprint density at radius 2 is 2.03 bits per heavy atom. The normalized spacial score (nSPS) is 21.1. The van der Waals surface area contributed by atoms with Crippen molar-refractivity contribution in [2.24, 2.45) is 5.92 Å². The first-order valence-corrected chi connectivity index (χ1v) is 11.4. The van der Waals surface area contributed by atoms with Crippen molar-refractivity contribution in [1.29, 1.82) is 0 Å². The molecule has 2 aliphatic rings. The Bertz CT molecular complexity index is 1010. The minimum Gasteiger partial charge on any atom is -0.445 e. The van der Waals surface area contributed by atoms with Crippen molar-refractivity contribution in [1.82, 2.24) is 15.1 Å². The zero-order chi connectivity index (χ0) is 23.4. The number of fused-ring (bicyclic) bond motifs is 3. The van der Waals surface area contributed by atoms with Crippen LogP contribution in [0.25, 0.3) is 0 Å². The predicted molar refractivity (Wildman–Crippen MR) is 129 cm³/mol. The highest BCUT2D eigenvalue weighted by Crippen LogP contribution is 2.51. The van der Waals surface area contributed by atoms with Gasteiger partial charge < -0.3 is 25.2 Å². The van der Waals surface area contributed by atoms with E-state index >= 15 is 0 Å². The van der Waals surface area contributed by atoms with Gasteiger partial charge in [-0.2, -0.15) is 0 Å². The molecule has 174 valence electrons. The molecule has 2 heterocycles. The van der Waals surface area contributed by atoms with E-state index in [1.807, 2.05) is 55.4 Å². The molecule has 0 saturated carbocycles. The number of rotatable bonds is 7. The van der Waals surface area contributed by atoms with Crippen LogP contribution in [0.1, 0.15) is 40.0 Å². The van der Waals surface area contributed by atoms with Gasteiger partial charge >= 0.3 is 6.09 Å². The number of nitrogens with zero attached hydrogens (tertiary/aromatic N) is 2. The molecular formula is C26H32N4O3. The van der Waals surface area contributed by atoms with E-state index in [0.717, 1.165) is 24.2 Å². The minimum atomic E-state index is -0.345. The molecule has 1 fully saturated rings. The number of carbonyl (C=O) groups excluding carboxylic acids is 2. The first kappa shape index (κ1) is 22.9. The molecule has 1 saturated heterocycles. The number of hydrogen-bond acceptors (Lipinski definition) is 5. The third-order valence-corrected chi connectivity index (χ3v) is 6.38. The van der Waals surface area contributed by atoms with Gasteiger partial charge in [-0.05, 0) is 49.8 Å². The number of nitrogens with one attached hydrogen (secondary N) is 2. The van der Waals surface area contributed by atoms with Gasteiger partial charge in [0.15, 0.2) is 0 Å². The van der Waals surface area contributed by atoms with E-state index in [0.29, 0.717) is 18.7 Å². The second kappa shape index (κ2) is 10.1. The SMILES string of the molecule is C=CCOC(=O)N1CC[C@H]2C(c3ccccc3)Nc3ccc(C(=O)NCCN(C)C)cc3C21. The van der Waals surface area contributed by atoms with Crippen LogP contribution in [0.15, 0.2) is 61.2 Å². The highest BCUT2D eigenvalue weighted by Gasteiger charge is 2.47. The van der Waals surface area contributed by atoms with E-state index in [9.17, 15) is 9.59 Å². The standard InChI is InChI=1S/C26H32N4O3/c1-4-16-33-26(32)30-14-12-20-23(18-8-6-5-7-9-18)28-22-11-10-19(17-21(22)24(20)30)25(31)27-13-15-29(2)3/h4-11,17,20,23-24,28H,1,12-16H2,2-3H3,(H,27,31)/t20-,23?,24?/m0/s1. The Labute approximate surface area is 195 Å². The molecule has 0 spiro atoms. The van der Waals surface area contributed by atoms with Crippen LogP contribution >= 0.6 is 0 Å². The Morgan fingerprint density at radius 3 is 2.76 bits per heavy atom. The predicted octanol–water partition coefficient (Wildman–Crippen LogP) is 3.83. The van der Waals surface area contributed by atoms with Crippen LogP contribution in [-0.2, 0) is 4.74 Å². The fraction of sp³-hybridized carbons (Fsp3) is 0.385. The van der Waals surface area contributed by atoms with Crippen molar-refractivity contribution >= 4 is 17.7 Å². The summed E-state index contributed by atoms with van der Waals surface area (Å²) in [5, 5.41) is 6.65. The van der Waals surface area contributed by atoms with Gasteiger partial charge in [-0.15, -0.1) is 0 Å². The summed E-state index contributed by atoms with van der Waals surface area (Å²) in [5.41, 5.74) is 3.68. The Hall–Kier alpha value is -3.32. The quantitative estimate of drug-likeness (QED) is 0.630. The third-order valence-electron chi connectivity index (χ3n) is 6.38. The Morgan fingerprint density at radius 1 is 1.24 bits per heavy atom. The first-order valence-electron chi connectivity index (χ1n) is 11.4. The highest BCUT2D eigenvalue weighted by atomic mass is 16.6. The minimum absolute atomic E-state index is 0.0701. The number of likely N-dealkylation sites (tertiary alicyclic amines) is 1. The van der Waals surface area contributed by atoms with Crippen LogP contribution in [0, 0.1) is 5.92 Å². The molecule has 4 rings (SSSR count). The summed E-state index contributed by atoms with van der Waals surface area (Å²) in [7, 11) is 3.94. The zero-order valence-corrected chi connectivity index (χ0v) is 19.3. The molecule has 0 bridgehead atoms. The van der Waals surface area contributed by atoms with E-state index in [1.165, 1.54) is 5.56 Å². The summed E-state index contributed by atoms with van der Waals surface area (Å²) in [6, 6.07) is 15.9. The summed E-state index contributed by atoms with van der Waals surface area (Å²) in [4.78, 5) is 29.5. The summed E-state index contributed by atoms with van der Waals surface area (Å²) >= 11 is 0. The number of carbonyl (C=O) groups is 2. The molecular weight excluding hydrogens is 416 g/mol. The van der Waals surface area contributed by atoms with Gasteiger partial charge in [0.2, 0.25) is 0 Å². The van der Waals surface area contributed by atoms with Crippen molar-refractivity contribution in [2.75, 3.05) is 45.7 Å². The lowest BCUT2D eigenvalue weighted by Crippen LogP contribution is -2.38. The van der Waals surface area contributed by atoms with E-state index in [1.54, 1.807) is 11.0 Å². The maximum Gasteiger partial charge on any atom is 0.410 e. The molecule has 7 heteroatoms. The molecule has 2 aliphatic heterocycles. The molecule has 2 unspecified atom stereocenters. The number of hydrogen-bond donors (Lipinski definition) is 2. The van der Waals surface area contributed by atoms with Crippen LogP contribution in [0.2, 0.25) is 0 Å². The van der Waals surface area contributed by atoms with Gasteiger partial charge in [-0.3, -0.25) is 4.79 Å². The van der Waals surface area contributed by atoms with Crippen LogP contribution < -0.4 is 10.6 Å². The number of anilines is 1. The first-order chi connectivity index (χ1) is 16.0. The fourth-order valence-corrected chi connectivity index (χ4v) is 4.82. The molecule has 0 radical (unpaired) electrons. The number of amides is 2. The van der Waals surface area contributed by atoms with Crippen molar-refractivity contribution in [3.63, 3.8) is 0 Å². The molecule has 0 aliphatic carbocycles. The number of benzene rings is 2. The van der Waals surface area contributed by atoms with Gasteiger partial charge in [0.1, 0.15) is 6.61 Å². The maximum atomic E-state index is 12.9. The van der Waals surface area contributed by atoms with Gasteiger partial charge in [0.05, 0.1) is 12.1 Å². The van der Waals surface area contributed by atoms with Gasteiger partial charge in [-0.25, -0.2) is 4.79 Å². The van der Waals surface area contributed by atoms with Crippen LogP contribution in [0.4, 0.5) is 10.5 Å². The Balaban J connectivity index is 1.66. The topological polar surface area (TPSA) is 73.9 Å². The molecule has 7 nitrogen and oxygen atoms in total. The largest absolute Gasteiger partial charge is 0.445 e. The van der Waals surface area contributed by atoms with Crippen molar-refractivity contribution in [2.45, 2.75) is 18.5 Å². The Kier molecular flexibility index (Phi) is 6.99. The molecule has 2 aromatic rings. The average molecular weight is 449 g/mol. The monoisotopic (exact) mass is 448 g/mol. The van der Waals surface area contributed by atoms with Crippen molar-refractivity contribution in [3.8, 4) is 0 Å². The van der Waals surface area contributed by atoms with E-state index in [-0.39, 0.29) is 36.6 Å². The highest BCUT2D eigenvalue weighted by molar-refractivity contribution is 5.95. The number of ether oxygens (including phenoxy) is 1. The summed E-state index contributed by atoms with van der Waals surface area (Å²) in [6.45, 7) is 5.76. The number of likely N-dealkylation sites (N-methyl/N-ethyl adjacent to an activating group) is 1. The lowest BCUT2D eigenvalue weighted by molar-refractivity contribution is 0.0950. The third kappa shape index (κ3) is 4.88. The lowest BCUT2D eigenvalue weighted by Gasteiger charge is -2.39. The summed E-state index contributed by atoms with van der Waals surface area (Å²) in [5.74, 6) is 0.0587. The molecule has 33 heavy (non-hydrogen) atoms. The van der Waals surface area contributed by atoms with Crippen molar-refractivity contribution < 1.29 is 14.3 Å². The summed E-state index contributed by atoms with van der Waals surface area (Å²) in [6.07, 6.45) is 2.08. The summed E-state index contributed by atoms with van der Waals surface area (Å²) < 4.78 is 5.40. The van der Waals surface area contributed by atoms with E-state index in [2.05, 4.69) is 29.3 Å². The van der Waals surface area contributed by atoms with Crippen LogP contribution in [0.3, 0.4) is 0 Å². The second-order valence-corrected chi connectivity index (χ2v) is 8.85. The van der Waals surface area contributed by atoms with Gasteiger partial charge in [0, 0.05) is 36.8 Å². The molecule has 2 amide bonds. The van der Waals surface area contributed by atoms with Crippen molar-refractivity contribution in [3.05, 3.63) is 77.9 Å². The maximum absolute atomic E-state index is 12.9. The van der Waals surface area contributed by atoms with Gasteiger partial charge in [-0.1, -0.05) is 43.0 Å². The molecule has 3 atom stereocenters. The second-order valence-electron chi connectivity index (χ2n) is 8.85. The zero-order valence-electron chi connectivity index (χ0n) is 19.3. The van der Waals surface area contributed by atoms with E-state index in [4.69, 9.17) is 4.74 Å². The van der Waals surface area contributed by atoms with Crippen LogP contribution in [0.5, 0.6) is 0 Å². The van der Waals surface area contributed by atoms with E-state index < -0.39 is 0 Å². The molecule has 0 aromatic heterocycles. The average Bonchev–Trinajstić information content (AvgIpc) is 3.27. The molecule has 2 N–H and O–H groups in total. The smallest absolute Gasteiger partial charge is 0.410 e. The lowest BCUT2D eigenvalue weighted by atomic mass is 9.79. The van der Waals surface area contributed by atoms with Gasteiger partial charge in [0.25, 0.3) is 5.91 Å². The molecule has 2 aromatic carbocycles. The fourth-order valence-electron chi connectivity index (χ4n) is 4.82.